The summed E-state index contributed by atoms with van der Waals surface area (Å²) in [5.74, 6) is -1.23. The summed E-state index contributed by atoms with van der Waals surface area (Å²) in [6.07, 6.45) is 1.94. The molecular formula is C24H17NO2. The Bertz CT molecular complexity index is 1140. The van der Waals surface area contributed by atoms with Gasteiger partial charge in [0.2, 0.25) is 0 Å². The van der Waals surface area contributed by atoms with Crippen molar-refractivity contribution >= 4 is 22.5 Å². The van der Waals surface area contributed by atoms with Crippen LogP contribution in [0.2, 0.25) is 0 Å². The third-order valence-corrected chi connectivity index (χ3v) is 5.47. The van der Waals surface area contributed by atoms with Gasteiger partial charge in [0.1, 0.15) is 0 Å². The zero-order valence-electron chi connectivity index (χ0n) is 14.6. The molecule has 27 heavy (non-hydrogen) atoms. The summed E-state index contributed by atoms with van der Waals surface area (Å²) in [6, 6.07) is 25.0. The lowest BCUT2D eigenvalue weighted by atomic mass is 9.78. The second-order valence-electron chi connectivity index (χ2n) is 6.93. The van der Waals surface area contributed by atoms with E-state index in [-0.39, 0.29) is 17.5 Å². The molecule has 1 aliphatic rings. The van der Waals surface area contributed by atoms with E-state index >= 15 is 0 Å². The predicted octanol–water partition coefficient (Wildman–Crippen LogP) is 5.00. The number of aromatic amines is 1. The summed E-state index contributed by atoms with van der Waals surface area (Å²) in [6.45, 7) is 0. The second kappa shape index (κ2) is 6.06. The van der Waals surface area contributed by atoms with Gasteiger partial charge >= 0.3 is 0 Å². The molecule has 3 heteroatoms. The standard InChI is InChI=1S/C24H17NO2/c26-23-17-11-4-5-12-18(17)24(27)22(23)21(15-8-2-1-3-9-15)19-14-25-20-13-7-6-10-16(19)20/h1-14,21-22,25H/t21-/m1/s1. The maximum Gasteiger partial charge on any atom is 0.175 e. The van der Waals surface area contributed by atoms with Crippen LogP contribution in [0.15, 0.2) is 85.1 Å². The van der Waals surface area contributed by atoms with Crippen molar-refractivity contribution in [1.82, 2.24) is 4.98 Å². The Balaban J connectivity index is 1.73. The van der Waals surface area contributed by atoms with Gasteiger partial charge in [-0.25, -0.2) is 0 Å². The van der Waals surface area contributed by atoms with Gasteiger partial charge in [-0.2, -0.15) is 0 Å². The highest BCUT2D eigenvalue weighted by Crippen LogP contribution is 2.42. The number of hydrogen-bond acceptors (Lipinski definition) is 2. The van der Waals surface area contributed by atoms with Crippen LogP contribution in [0.1, 0.15) is 37.8 Å². The maximum atomic E-state index is 13.2. The van der Waals surface area contributed by atoms with Gasteiger partial charge in [0.15, 0.2) is 11.6 Å². The second-order valence-corrected chi connectivity index (χ2v) is 6.93. The summed E-state index contributed by atoms with van der Waals surface area (Å²) < 4.78 is 0. The number of benzene rings is 3. The van der Waals surface area contributed by atoms with E-state index in [0.717, 1.165) is 22.0 Å². The van der Waals surface area contributed by atoms with Gasteiger partial charge < -0.3 is 4.98 Å². The molecule has 0 fully saturated rings. The molecule has 130 valence electrons. The van der Waals surface area contributed by atoms with Crippen LogP contribution in [0.4, 0.5) is 0 Å². The fourth-order valence-corrected chi connectivity index (χ4v) is 4.23. The zero-order chi connectivity index (χ0) is 18.4. The molecule has 3 aromatic carbocycles. The van der Waals surface area contributed by atoms with Gasteiger partial charge in [-0.15, -0.1) is 0 Å². The molecule has 1 aromatic heterocycles. The van der Waals surface area contributed by atoms with Crippen LogP contribution in [0.5, 0.6) is 0 Å². The van der Waals surface area contributed by atoms with Crippen molar-refractivity contribution in [2.75, 3.05) is 0 Å². The summed E-state index contributed by atoms with van der Waals surface area (Å²) in [4.78, 5) is 29.7. The summed E-state index contributed by atoms with van der Waals surface area (Å²) >= 11 is 0. The fraction of sp³-hybridized carbons (Fsp3) is 0.0833. The first kappa shape index (κ1) is 15.8. The molecule has 0 spiro atoms. The monoisotopic (exact) mass is 351 g/mol. The van der Waals surface area contributed by atoms with E-state index in [4.69, 9.17) is 0 Å². The first-order chi connectivity index (χ1) is 13.3. The van der Waals surface area contributed by atoms with E-state index in [9.17, 15) is 9.59 Å². The molecule has 0 radical (unpaired) electrons. The Morgan fingerprint density at radius 3 is 2.00 bits per heavy atom. The van der Waals surface area contributed by atoms with Gasteiger partial charge in [0.25, 0.3) is 0 Å². The summed E-state index contributed by atoms with van der Waals surface area (Å²) in [7, 11) is 0. The number of aromatic nitrogens is 1. The lowest BCUT2D eigenvalue weighted by Gasteiger charge is -2.22. The van der Waals surface area contributed by atoms with Crippen molar-refractivity contribution in [2.45, 2.75) is 5.92 Å². The SMILES string of the molecule is O=C1c2ccccc2C(=O)C1[C@H](c1ccccc1)c1c[nH]c2ccccc12. The third-order valence-electron chi connectivity index (χ3n) is 5.47. The average Bonchev–Trinajstić information content (AvgIpc) is 3.25. The number of rotatable bonds is 3. The highest BCUT2D eigenvalue weighted by atomic mass is 16.2. The predicted molar refractivity (Wildman–Crippen MR) is 105 cm³/mol. The van der Waals surface area contributed by atoms with E-state index in [1.165, 1.54) is 0 Å². The Morgan fingerprint density at radius 2 is 1.30 bits per heavy atom. The number of ketones is 2. The fourth-order valence-electron chi connectivity index (χ4n) is 4.23. The van der Waals surface area contributed by atoms with Gasteiger partial charge in [0.05, 0.1) is 5.92 Å². The van der Waals surface area contributed by atoms with E-state index < -0.39 is 5.92 Å². The normalized spacial score (nSPS) is 15.3. The van der Waals surface area contributed by atoms with Gasteiger partial charge in [0, 0.05) is 34.1 Å². The number of carbonyl (C=O) groups is 2. The van der Waals surface area contributed by atoms with Gasteiger partial charge in [-0.3, -0.25) is 9.59 Å². The van der Waals surface area contributed by atoms with E-state index in [1.54, 1.807) is 12.1 Å². The summed E-state index contributed by atoms with van der Waals surface area (Å²) in [5.41, 5.74) is 4.03. The van der Waals surface area contributed by atoms with Crippen molar-refractivity contribution in [3.8, 4) is 0 Å². The minimum Gasteiger partial charge on any atom is -0.361 e. The van der Waals surface area contributed by atoms with E-state index in [0.29, 0.717) is 11.1 Å². The largest absolute Gasteiger partial charge is 0.361 e. The molecule has 0 unspecified atom stereocenters. The van der Waals surface area contributed by atoms with Crippen LogP contribution in [-0.2, 0) is 0 Å². The number of H-pyrrole nitrogens is 1. The number of Topliss-reactive ketones (excluding diaryl/α,β-unsaturated/α-hetero) is 2. The topological polar surface area (TPSA) is 49.9 Å². The Hall–Kier alpha value is -3.46. The average molecular weight is 351 g/mol. The summed E-state index contributed by atoms with van der Waals surface area (Å²) in [5, 5.41) is 1.04. The Labute approximate surface area is 156 Å². The van der Waals surface area contributed by atoms with Gasteiger partial charge in [-0.1, -0.05) is 72.8 Å². The van der Waals surface area contributed by atoms with Crippen molar-refractivity contribution in [2.24, 2.45) is 5.92 Å². The number of fused-ring (bicyclic) bond motifs is 2. The van der Waals surface area contributed by atoms with Crippen LogP contribution in [0.25, 0.3) is 10.9 Å². The van der Waals surface area contributed by atoms with Crippen LogP contribution < -0.4 is 0 Å². The molecule has 0 bridgehead atoms. The molecule has 0 aliphatic heterocycles. The van der Waals surface area contributed by atoms with Crippen LogP contribution in [0, 0.1) is 5.92 Å². The number of carbonyl (C=O) groups excluding carboxylic acids is 2. The number of nitrogens with one attached hydrogen (secondary N) is 1. The molecule has 0 saturated heterocycles. The Morgan fingerprint density at radius 1 is 0.704 bits per heavy atom. The first-order valence-corrected chi connectivity index (χ1v) is 9.04. The lowest BCUT2D eigenvalue weighted by molar-refractivity contribution is 0.0825. The highest BCUT2D eigenvalue weighted by Gasteiger charge is 2.44. The smallest absolute Gasteiger partial charge is 0.175 e. The molecule has 4 aromatic rings. The highest BCUT2D eigenvalue weighted by molar-refractivity contribution is 6.27. The Kier molecular flexibility index (Phi) is 3.54. The minimum absolute atomic E-state index is 0.0882. The van der Waals surface area contributed by atoms with Crippen LogP contribution >= 0.6 is 0 Å². The maximum absolute atomic E-state index is 13.2. The quantitative estimate of drug-likeness (QED) is 0.528. The molecule has 0 saturated carbocycles. The van der Waals surface area contributed by atoms with Crippen molar-refractivity contribution in [3.05, 3.63) is 107 Å². The lowest BCUT2D eigenvalue weighted by Crippen LogP contribution is -2.24. The molecule has 1 N–H and O–H groups in total. The first-order valence-electron chi connectivity index (χ1n) is 9.04. The molecule has 0 amide bonds. The van der Waals surface area contributed by atoms with E-state index in [2.05, 4.69) is 4.98 Å². The molecular weight excluding hydrogens is 334 g/mol. The molecule has 1 atom stereocenters. The van der Waals surface area contributed by atoms with Gasteiger partial charge in [-0.05, 0) is 17.2 Å². The molecule has 1 aliphatic carbocycles. The van der Waals surface area contributed by atoms with E-state index in [1.807, 2.05) is 72.9 Å². The number of hydrogen-bond donors (Lipinski definition) is 1. The van der Waals surface area contributed by atoms with Crippen molar-refractivity contribution in [3.63, 3.8) is 0 Å². The molecule has 3 nitrogen and oxygen atoms in total. The molecule has 5 rings (SSSR count). The molecule has 1 heterocycles. The van der Waals surface area contributed by atoms with Crippen molar-refractivity contribution < 1.29 is 9.59 Å². The number of para-hydroxylation sites is 1. The zero-order valence-corrected chi connectivity index (χ0v) is 14.6. The van der Waals surface area contributed by atoms with Crippen molar-refractivity contribution in [1.29, 1.82) is 0 Å². The van der Waals surface area contributed by atoms with Crippen LogP contribution in [0.3, 0.4) is 0 Å². The minimum atomic E-state index is -0.732. The van der Waals surface area contributed by atoms with Crippen LogP contribution in [-0.4, -0.2) is 16.6 Å². The third kappa shape index (κ3) is 2.36.